The number of β-lactam (4-membered cyclic amide) rings is 1. The van der Waals surface area contributed by atoms with Gasteiger partial charge in [-0.15, -0.1) is 0 Å². The van der Waals surface area contributed by atoms with Gasteiger partial charge in [-0.25, -0.2) is 0 Å². The van der Waals surface area contributed by atoms with Crippen molar-refractivity contribution in [3.63, 3.8) is 0 Å². The van der Waals surface area contributed by atoms with Crippen LogP contribution in [0.4, 0.5) is 5.69 Å². The third kappa shape index (κ3) is 3.77. The van der Waals surface area contributed by atoms with Crippen LogP contribution in [-0.2, 0) is 4.79 Å². The van der Waals surface area contributed by atoms with Gasteiger partial charge in [-0.3, -0.25) is 9.69 Å². The lowest BCUT2D eigenvalue weighted by atomic mass is 9.89. The molecular weight excluding hydrogens is 410 g/mol. The van der Waals surface area contributed by atoms with Gasteiger partial charge in [0.1, 0.15) is 17.5 Å². The summed E-state index contributed by atoms with van der Waals surface area (Å²) in [5, 5.41) is 0. The third-order valence-corrected chi connectivity index (χ3v) is 5.44. The van der Waals surface area contributed by atoms with Crippen LogP contribution < -0.4 is 28.6 Å². The third-order valence-electron chi connectivity index (χ3n) is 5.44. The lowest BCUT2D eigenvalue weighted by molar-refractivity contribution is -0.135. The number of anilines is 1. The highest BCUT2D eigenvalue weighted by atomic mass is 16.5. The van der Waals surface area contributed by atoms with Crippen LogP contribution in [0, 0.1) is 0 Å². The second kappa shape index (κ2) is 9.09. The van der Waals surface area contributed by atoms with Gasteiger partial charge in [-0.05, 0) is 29.8 Å². The Balaban J connectivity index is 1.75. The predicted octanol–water partition coefficient (Wildman–Crippen LogP) is 4.26. The maximum absolute atomic E-state index is 13.3. The predicted molar refractivity (Wildman–Crippen MR) is 120 cm³/mol. The molecule has 2 unspecified atom stereocenters. The minimum Gasteiger partial charge on any atom is -0.497 e. The number of methoxy groups -OCH3 is 4. The molecule has 1 amide bonds. The van der Waals surface area contributed by atoms with Crippen LogP contribution in [0.25, 0.3) is 0 Å². The van der Waals surface area contributed by atoms with E-state index < -0.39 is 6.10 Å². The molecule has 1 aliphatic heterocycles. The van der Waals surface area contributed by atoms with E-state index in [9.17, 15) is 4.79 Å². The van der Waals surface area contributed by atoms with Crippen molar-refractivity contribution < 1.29 is 28.5 Å². The Hall–Kier alpha value is -3.87. The van der Waals surface area contributed by atoms with Crippen molar-refractivity contribution in [3.8, 4) is 28.7 Å². The van der Waals surface area contributed by atoms with Gasteiger partial charge in [0.25, 0.3) is 5.91 Å². The molecule has 3 aromatic rings. The van der Waals surface area contributed by atoms with Crippen molar-refractivity contribution in [2.24, 2.45) is 0 Å². The molecule has 0 radical (unpaired) electrons. The molecule has 1 aliphatic rings. The molecule has 0 spiro atoms. The van der Waals surface area contributed by atoms with E-state index in [1.54, 1.807) is 45.5 Å². The zero-order valence-electron chi connectivity index (χ0n) is 18.4. The topological polar surface area (TPSA) is 66.5 Å². The molecule has 32 heavy (non-hydrogen) atoms. The molecule has 0 bridgehead atoms. The van der Waals surface area contributed by atoms with Gasteiger partial charge >= 0.3 is 0 Å². The van der Waals surface area contributed by atoms with Crippen LogP contribution in [0.15, 0.2) is 66.7 Å². The van der Waals surface area contributed by atoms with Crippen molar-refractivity contribution in [3.05, 3.63) is 72.3 Å². The van der Waals surface area contributed by atoms with E-state index in [0.717, 1.165) is 11.3 Å². The summed E-state index contributed by atoms with van der Waals surface area (Å²) in [6.07, 6.45) is -0.676. The van der Waals surface area contributed by atoms with E-state index >= 15 is 0 Å². The van der Waals surface area contributed by atoms with E-state index in [2.05, 4.69) is 0 Å². The summed E-state index contributed by atoms with van der Waals surface area (Å²) in [6, 6.07) is 20.1. The van der Waals surface area contributed by atoms with Gasteiger partial charge in [0.2, 0.25) is 11.9 Å². The molecule has 166 valence electrons. The largest absolute Gasteiger partial charge is 0.497 e. The SMILES string of the molecule is COc1ccc(C2C(Oc3ccccc3)C(=O)N2c2cc(OC)c(OC)c(OC)c2)cc1. The molecule has 0 aromatic heterocycles. The summed E-state index contributed by atoms with van der Waals surface area (Å²) < 4.78 is 27.7. The maximum atomic E-state index is 13.3. The summed E-state index contributed by atoms with van der Waals surface area (Å²) >= 11 is 0. The number of ether oxygens (including phenoxy) is 5. The van der Waals surface area contributed by atoms with Crippen molar-refractivity contribution >= 4 is 11.6 Å². The molecule has 7 heteroatoms. The minimum absolute atomic E-state index is 0.163. The Morgan fingerprint density at radius 2 is 1.34 bits per heavy atom. The van der Waals surface area contributed by atoms with Crippen molar-refractivity contribution in [1.82, 2.24) is 0 Å². The monoisotopic (exact) mass is 435 g/mol. The van der Waals surface area contributed by atoms with Crippen LogP contribution in [0.2, 0.25) is 0 Å². The van der Waals surface area contributed by atoms with Gasteiger partial charge < -0.3 is 23.7 Å². The van der Waals surface area contributed by atoms with E-state index in [0.29, 0.717) is 28.7 Å². The number of rotatable bonds is 8. The first-order valence-corrected chi connectivity index (χ1v) is 10.1. The smallest absolute Gasteiger partial charge is 0.271 e. The molecule has 1 heterocycles. The fourth-order valence-corrected chi connectivity index (χ4v) is 3.84. The van der Waals surface area contributed by atoms with Crippen LogP contribution in [0.3, 0.4) is 0 Å². The quantitative estimate of drug-likeness (QED) is 0.493. The summed E-state index contributed by atoms with van der Waals surface area (Å²) in [5.74, 6) is 2.60. The summed E-state index contributed by atoms with van der Waals surface area (Å²) in [7, 11) is 6.24. The first-order chi connectivity index (χ1) is 15.6. The molecule has 3 aromatic carbocycles. The zero-order valence-corrected chi connectivity index (χ0v) is 18.4. The Bertz CT molecular complexity index is 1060. The lowest BCUT2D eigenvalue weighted by Crippen LogP contribution is -2.61. The van der Waals surface area contributed by atoms with Gasteiger partial charge in [0.15, 0.2) is 11.5 Å². The number of para-hydroxylation sites is 1. The van der Waals surface area contributed by atoms with Gasteiger partial charge in [-0.2, -0.15) is 0 Å². The molecule has 1 saturated heterocycles. The normalized spacial score (nSPS) is 17.4. The maximum Gasteiger partial charge on any atom is 0.271 e. The Morgan fingerprint density at radius 3 is 1.88 bits per heavy atom. The van der Waals surface area contributed by atoms with Gasteiger partial charge in [-0.1, -0.05) is 30.3 Å². The lowest BCUT2D eigenvalue weighted by Gasteiger charge is -2.46. The Morgan fingerprint density at radius 1 is 0.719 bits per heavy atom. The number of carbonyl (C=O) groups is 1. The highest BCUT2D eigenvalue weighted by Crippen LogP contribution is 2.47. The number of amides is 1. The van der Waals surface area contributed by atoms with E-state index in [-0.39, 0.29) is 11.9 Å². The Labute approximate surface area is 187 Å². The van der Waals surface area contributed by atoms with Crippen LogP contribution in [0.1, 0.15) is 11.6 Å². The Kier molecular flexibility index (Phi) is 6.07. The number of nitrogens with zero attached hydrogens (tertiary/aromatic N) is 1. The van der Waals surface area contributed by atoms with Crippen molar-refractivity contribution in [2.45, 2.75) is 12.1 Å². The minimum atomic E-state index is -0.676. The van der Waals surface area contributed by atoms with Crippen molar-refractivity contribution in [2.75, 3.05) is 33.3 Å². The average Bonchev–Trinajstić information content (AvgIpc) is 2.85. The first-order valence-electron chi connectivity index (χ1n) is 10.1. The zero-order chi connectivity index (χ0) is 22.7. The molecule has 0 saturated carbocycles. The average molecular weight is 435 g/mol. The first kappa shape index (κ1) is 21.4. The highest BCUT2D eigenvalue weighted by Gasteiger charge is 2.51. The van der Waals surface area contributed by atoms with E-state index in [4.69, 9.17) is 23.7 Å². The standard InChI is InChI=1S/C25H25NO6/c1-28-18-12-10-16(11-13-18)22-24(32-19-8-6-5-7-9-19)25(27)26(22)17-14-20(29-2)23(31-4)21(15-17)30-3/h5-15,22,24H,1-4H3. The van der Waals surface area contributed by atoms with E-state index in [1.165, 1.54) is 0 Å². The number of hydrogen-bond donors (Lipinski definition) is 0. The summed E-state index contributed by atoms with van der Waals surface area (Å²) in [6.45, 7) is 0. The van der Waals surface area contributed by atoms with Gasteiger partial charge in [0, 0.05) is 12.1 Å². The molecule has 0 N–H and O–H groups in total. The van der Waals surface area contributed by atoms with Gasteiger partial charge in [0.05, 0.1) is 34.1 Å². The highest BCUT2D eigenvalue weighted by molar-refractivity contribution is 6.05. The summed E-state index contributed by atoms with van der Waals surface area (Å²) in [5.41, 5.74) is 1.54. The van der Waals surface area contributed by atoms with Crippen molar-refractivity contribution in [1.29, 1.82) is 0 Å². The number of carbonyl (C=O) groups excluding carboxylic acids is 1. The molecule has 4 rings (SSSR count). The molecular formula is C25H25NO6. The molecule has 2 atom stereocenters. The second-order valence-corrected chi connectivity index (χ2v) is 7.16. The van der Waals surface area contributed by atoms with E-state index in [1.807, 2.05) is 54.6 Å². The number of benzene rings is 3. The summed E-state index contributed by atoms with van der Waals surface area (Å²) in [4.78, 5) is 15.0. The second-order valence-electron chi connectivity index (χ2n) is 7.16. The molecule has 7 nitrogen and oxygen atoms in total. The molecule has 0 aliphatic carbocycles. The fraction of sp³-hybridized carbons (Fsp3) is 0.240. The van der Waals surface area contributed by atoms with Crippen LogP contribution >= 0.6 is 0 Å². The van der Waals surface area contributed by atoms with Crippen LogP contribution in [0.5, 0.6) is 28.7 Å². The number of hydrogen-bond acceptors (Lipinski definition) is 6. The molecule has 1 fully saturated rings. The van der Waals surface area contributed by atoms with Crippen LogP contribution in [-0.4, -0.2) is 40.5 Å². The fourth-order valence-electron chi connectivity index (χ4n) is 3.84.